The fourth-order valence-corrected chi connectivity index (χ4v) is 3.28. The molecule has 6 nitrogen and oxygen atoms in total. The molecule has 0 spiro atoms. The Morgan fingerprint density at radius 1 is 1.38 bits per heavy atom. The van der Waals surface area contributed by atoms with E-state index in [9.17, 15) is 4.79 Å². The predicted molar refractivity (Wildman–Crippen MR) is 83.1 cm³/mol. The van der Waals surface area contributed by atoms with E-state index >= 15 is 0 Å². The van der Waals surface area contributed by atoms with Crippen molar-refractivity contribution in [2.24, 2.45) is 5.73 Å². The van der Waals surface area contributed by atoms with Crippen molar-refractivity contribution in [2.45, 2.75) is 37.8 Å². The van der Waals surface area contributed by atoms with Crippen LogP contribution in [0.2, 0.25) is 0 Å². The zero-order valence-electron chi connectivity index (χ0n) is 13.4. The summed E-state index contributed by atoms with van der Waals surface area (Å²) in [4.78, 5) is 16.5. The summed E-state index contributed by atoms with van der Waals surface area (Å²) in [5, 5.41) is 3.05. The Bertz CT molecular complexity index is 347. The zero-order chi connectivity index (χ0) is 15.3. The van der Waals surface area contributed by atoms with Crippen LogP contribution in [0.3, 0.4) is 0 Å². The topological polar surface area (TPSA) is 70.8 Å². The number of hydrogen-bond donors (Lipinski definition) is 2. The number of likely N-dealkylation sites (N-methyl/N-ethyl adjacent to an activating group) is 1. The Labute approximate surface area is 128 Å². The van der Waals surface area contributed by atoms with Crippen LogP contribution in [-0.2, 0) is 9.53 Å². The molecule has 2 atom stereocenters. The van der Waals surface area contributed by atoms with E-state index < -0.39 is 5.54 Å². The van der Waals surface area contributed by atoms with Crippen LogP contribution in [0.1, 0.15) is 26.2 Å². The van der Waals surface area contributed by atoms with Gasteiger partial charge in [-0.2, -0.15) is 0 Å². The van der Waals surface area contributed by atoms with Gasteiger partial charge in [-0.05, 0) is 46.3 Å². The monoisotopic (exact) mass is 298 g/mol. The van der Waals surface area contributed by atoms with Gasteiger partial charge in [-0.15, -0.1) is 0 Å². The van der Waals surface area contributed by atoms with Crippen molar-refractivity contribution < 1.29 is 9.53 Å². The Morgan fingerprint density at radius 3 is 2.71 bits per heavy atom. The molecule has 2 rings (SSSR count). The van der Waals surface area contributed by atoms with E-state index in [4.69, 9.17) is 10.5 Å². The first-order valence-corrected chi connectivity index (χ1v) is 8.08. The zero-order valence-corrected chi connectivity index (χ0v) is 13.4. The highest BCUT2D eigenvalue weighted by atomic mass is 16.5. The average Bonchev–Trinajstić information content (AvgIpc) is 2.96. The van der Waals surface area contributed by atoms with Crippen molar-refractivity contribution in [2.75, 3.05) is 53.0 Å². The number of rotatable bonds is 7. The number of nitrogens with one attached hydrogen (secondary N) is 1. The second-order valence-corrected chi connectivity index (χ2v) is 6.44. The van der Waals surface area contributed by atoms with Gasteiger partial charge in [-0.25, -0.2) is 0 Å². The summed E-state index contributed by atoms with van der Waals surface area (Å²) < 4.78 is 5.42. The van der Waals surface area contributed by atoms with E-state index in [0.29, 0.717) is 6.04 Å². The third-order valence-electron chi connectivity index (χ3n) is 5.06. The largest absolute Gasteiger partial charge is 0.379 e. The van der Waals surface area contributed by atoms with Crippen molar-refractivity contribution in [3.05, 3.63) is 0 Å². The molecule has 21 heavy (non-hydrogen) atoms. The maximum Gasteiger partial charge on any atom is 0.237 e. The predicted octanol–water partition coefficient (Wildman–Crippen LogP) is -0.363. The number of nitrogens with zero attached hydrogens (tertiary/aromatic N) is 2. The molecule has 0 aromatic carbocycles. The lowest BCUT2D eigenvalue weighted by molar-refractivity contribution is -0.123. The summed E-state index contributed by atoms with van der Waals surface area (Å²) >= 11 is 0. The molecule has 0 saturated carbocycles. The molecule has 6 heteroatoms. The fraction of sp³-hybridized carbons (Fsp3) is 0.933. The number of carbonyl (C=O) groups is 1. The minimum absolute atomic E-state index is 0.266. The summed E-state index contributed by atoms with van der Waals surface area (Å²) in [5.74, 6) is -0.266. The van der Waals surface area contributed by atoms with E-state index in [1.54, 1.807) is 7.05 Å². The van der Waals surface area contributed by atoms with Gasteiger partial charge >= 0.3 is 0 Å². The number of ether oxygens (including phenoxy) is 1. The number of carbonyl (C=O) groups excluding carboxylic acids is 1. The minimum atomic E-state index is -0.580. The molecule has 0 bridgehead atoms. The molecule has 2 aliphatic heterocycles. The molecule has 122 valence electrons. The number of hydrogen-bond acceptors (Lipinski definition) is 5. The highest BCUT2D eigenvalue weighted by molar-refractivity contribution is 5.84. The third kappa shape index (κ3) is 4.39. The third-order valence-corrected chi connectivity index (χ3v) is 5.06. The van der Waals surface area contributed by atoms with Crippen LogP contribution in [-0.4, -0.2) is 80.3 Å². The van der Waals surface area contributed by atoms with Gasteiger partial charge in [-0.3, -0.25) is 9.69 Å². The highest BCUT2D eigenvalue weighted by Gasteiger charge is 2.31. The average molecular weight is 298 g/mol. The van der Waals surface area contributed by atoms with E-state index in [1.165, 1.54) is 6.42 Å². The van der Waals surface area contributed by atoms with Gasteiger partial charge in [-0.1, -0.05) is 0 Å². The molecule has 0 radical (unpaired) electrons. The van der Waals surface area contributed by atoms with Gasteiger partial charge in [0.05, 0.1) is 18.8 Å². The summed E-state index contributed by atoms with van der Waals surface area (Å²) in [5.41, 5.74) is 4.88. The summed E-state index contributed by atoms with van der Waals surface area (Å²) in [6.07, 6.45) is 3.03. The van der Waals surface area contributed by atoms with Gasteiger partial charge < -0.3 is 20.7 Å². The minimum Gasteiger partial charge on any atom is -0.379 e. The molecule has 2 unspecified atom stereocenters. The van der Waals surface area contributed by atoms with Crippen LogP contribution < -0.4 is 11.1 Å². The van der Waals surface area contributed by atoms with Crippen molar-refractivity contribution in [3.63, 3.8) is 0 Å². The summed E-state index contributed by atoms with van der Waals surface area (Å²) in [6.45, 7) is 9.12. The Hall–Kier alpha value is -0.690. The van der Waals surface area contributed by atoms with Crippen molar-refractivity contribution in [1.29, 1.82) is 0 Å². The molecule has 2 saturated heterocycles. The number of morpholine rings is 1. The summed E-state index contributed by atoms with van der Waals surface area (Å²) in [6, 6.07) is 0.681. The molecule has 2 fully saturated rings. The quantitative estimate of drug-likeness (QED) is 0.671. The van der Waals surface area contributed by atoms with Crippen LogP contribution in [0, 0.1) is 0 Å². The molecule has 2 aliphatic rings. The number of likely N-dealkylation sites (tertiary alicyclic amines) is 1. The van der Waals surface area contributed by atoms with Crippen molar-refractivity contribution in [1.82, 2.24) is 15.1 Å². The highest BCUT2D eigenvalue weighted by Crippen LogP contribution is 2.18. The first-order valence-electron chi connectivity index (χ1n) is 8.08. The smallest absolute Gasteiger partial charge is 0.237 e. The van der Waals surface area contributed by atoms with Gasteiger partial charge in [0.15, 0.2) is 0 Å². The lowest BCUT2D eigenvalue weighted by atomic mass is 9.95. The SMILES string of the molecule is CNC(C)(CCCN1CCC(N2CCOCC2)C1)C(N)=O. The molecule has 3 N–H and O–H groups in total. The molecule has 0 aromatic heterocycles. The van der Waals surface area contributed by atoms with Crippen LogP contribution in [0.15, 0.2) is 0 Å². The molecule has 1 amide bonds. The molecule has 0 aromatic rings. The van der Waals surface area contributed by atoms with Gasteiger partial charge in [0.25, 0.3) is 0 Å². The van der Waals surface area contributed by atoms with Crippen LogP contribution in [0.25, 0.3) is 0 Å². The Morgan fingerprint density at radius 2 is 2.10 bits per heavy atom. The second kappa shape index (κ2) is 7.54. The maximum absolute atomic E-state index is 11.5. The van der Waals surface area contributed by atoms with Gasteiger partial charge in [0.2, 0.25) is 5.91 Å². The van der Waals surface area contributed by atoms with Gasteiger partial charge in [0.1, 0.15) is 0 Å². The second-order valence-electron chi connectivity index (χ2n) is 6.44. The number of primary amides is 1. The van der Waals surface area contributed by atoms with Gasteiger partial charge in [0, 0.05) is 25.7 Å². The van der Waals surface area contributed by atoms with Crippen LogP contribution >= 0.6 is 0 Å². The van der Waals surface area contributed by atoms with Crippen molar-refractivity contribution >= 4 is 5.91 Å². The van der Waals surface area contributed by atoms with Crippen LogP contribution in [0.5, 0.6) is 0 Å². The van der Waals surface area contributed by atoms with Crippen LogP contribution in [0.4, 0.5) is 0 Å². The fourth-order valence-electron chi connectivity index (χ4n) is 3.28. The van der Waals surface area contributed by atoms with E-state index in [-0.39, 0.29) is 5.91 Å². The molecular formula is C15H30N4O2. The van der Waals surface area contributed by atoms with E-state index in [2.05, 4.69) is 15.1 Å². The molecule has 2 heterocycles. The summed E-state index contributed by atoms with van der Waals surface area (Å²) in [7, 11) is 1.80. The molecular weight excluding hydrogens is 268 g/mol. The maximum atomic E-state index is 11.5. The lowest BCUT2D eigenvalue weighted by Crippen LogP contribution is -2.51. The standard InChI is InChI=1S/C15H30N4O2/c1-15(17-2,14(16)20)5-3-6-18-7-4-13(12-18)19-8-10-21-11-9-19/h13,17H,3-12H2,1-2H3,(H2,16,20). The van der Waals surface area contributed by atoms with E-state index in [0.717, 1.165) is 58.8 Å². The Balaban J connectivity index is 1.69. The number of amides is 1. The molecule has 0 aliphatic carbocycles. The lowest BCUT2D eigenvalue weighted by Gasteiger charge is -2.32. The number of nitrogens with two attached hydrogens (primary N) is 1. The normalized spacial score (nSPS) is 27.6. The Kier molecular flexibility index (Phi) is 5.98. The van der Waals surface area contributed by atoms with E-state index in [1.807, 2.05) is 6.92 Å². The first kappa shape index (κ1) is 16.7. The first-order chi connectivity index (χ1) is 10.0. The van der Waals surface area contributed by atoms with Crippen molar-refractivity contribution in [3.8, 4) is 0 Å².